The molecule has 16 nitrogen and oxygen atoms in total. The van der Waals surface area contributed by atoms with Gasteiger partial charge in [0.15, 0.2) is 0 Å². The minimum Gasteiger partial charge on any atom is -0.480 e. The van der Waals surface area contributed by atoms with Crippen LogP contribution < -0.4 is 22.1 Å². The number of aromatic nitrogens is 1. The standard InChI is InChI=1S/C42H58F2N6O6S.2C2HF3O2/c1-28(51)21-30(13-8-9-17-45)40(54)47-24-35(41(55)56)48-37(52)16-20-57-27-38(53)50(19-10-18-46)39(42(2,3)4)36-22-31(33-23-32(43)14-15-34(33)44)26-49(36)25-29-11-6-5-7-12-29;2*3-2(4,5)1(6)7/h5-7,11-12,14-15,22-23,26,30,35,39H,8-10,13,16-21,24-25,27,45-46H2,1-4H3,(H,47,54)(H,48,52)(H,55,56);2*(H,6,7)/t30-,35-,39+;;/m1../s1. The Hall–Kier alpha value is -6.08. The zero-order valence-electron chi connectivity index (χ0n) is 39.4. The molecule has 0 bridgehead atoms. The average molecular weight is 1040 g/mol. The third kappa shape index (κ3) is 23.6. The largest absolute Gasteiger partial charge is 0.490 e. The van der Waals surface area contributed by atoms with Crippen molar-refractivity contribution in [3.63, 3.8) is 0 Å². The number of nitrogens with one attached hydrogen (secondary N) is 2. The van der Waals surface area contributed by atoms with Crippen molar-refractivity contribution in [3.8, 4) is 11.1 Å². The molecule has 0 fully saturated rings. The van der Waals surface area contributed by atoms with E-state index in [1.54, 1.807) is 11.1 Å². The summed E-state index contributed by atoms with van der Waals surface area (Å²) in [4.78, 5) is 83.0. The van der Waals surface area contributed by atoms with Crippen LogP contribution in [0.15, 0.2) is 60.8 Å². The second-order valence-corrected chi connectivity index (χ2v) is 18.0. The summed E-state index contributed by atoms with van der Waals surface area (Å²) < 4.78 is 94.9. The van der Waals surface area contributed by atoms with Gasteiger partial charge in [-0.05, 0) is 74.5 Å². The van der Waals surface area contributed by atoms with E-state index < -0.39 is 77.1 Å². The number of ketones is 1. The summed E-state index contributed by atoms with van der Waals surface area (Å²) in [5.74, 6) is -9.81. The normalized spacial score (nSPS) is 12.7. The number of carboxylic acid groups (broad SMARTS) is 3. The number of carboxylic acids is 3. The fourth-order valence-corrected chi connectivity index (χ4v) is 7.51. The molecular formula is C46H60F8N6O10S. The summed E-state index contributed by atoms with van der Waals surface area (Å²) in [6.07, 6.45) is -6.19. The second kappa shape index (κ2) is 29.9. The highest BCUT2D eigenvalue weighted by atomic mass is 32.2. The van der Waals surface area contributed by atoms with E-state index in [0.717, 1.165) is 29.5 Å². The van der Waals surface area contributed by atoms with Crippen LogP contribution in [-0.2, 0) is 40.1 Å². The van der Waals surface area contributed by atoms with E-state index in [0.29, 0.717) is 57.4 Å². The maximum absolute atomic E-state index is 15.1. The van der Waals surface area contributed by atoms with Crippen molar-refractivity contribution >= 4 is 53.2 Å². The Kier molecular flexibility index (Phi) is 26.5. The summed E-state index contributed by atoms with van der Waals surface area (Å²) in [5.41, 5.74) is 13.2. The number of unbranched alkanes of at least 4 members (excludes halogenated alkanes) is 1. The number of aliphatic carboxylic acids is 3. The van der Waals surface area contributed by atoms with Gasteiger partial charge in [0, 0.05) is 67.2 Å². The number of thioether (sulfide) groups is 1. The van der Waals surface area contributed by atoms with Crippen molar-refractivity contribution in [2.45, 2.75) is 97.2 Å². The first-order chi connectivity index (χ1) is 32.9. The lowest BCUT2D eigenvalue weighted by molar-refractivity contribution is -0.193. The highest BCUT2D eigenvalue weighted by Gasteiger charge is 2.39. The minimum atomic E-state index is -5.08. The summed E-state index contributed by atoms with van der Waals surface area (Å²) in [5, 5.41) is 29.0. The summed E-state index contributed by atoms with van der Waals surface area (Å²) in [7, 11) is 0. The van der Waals surface area contributed by atoms with Crippen molar-refractivity contribution in [1.82, 2.24) is 20.1 Å². The van der Waals surface area contributed by atoms with Gasteiger partial charge in [-0.1, -0.05) is 57.5 Å². The molecule has 396 valence electrons. The summed E-state index contributed by atoms with van der Waals surface area (Å²) >= 11 is 1.22. The third-order valence-corrected chi connectivity index (χ3v) is 10.9. The van der Waals surface area contributed by atoms with Crippen LogP contribution in [0.3, 0.4) is 0 Å². The Morgan fingerprint density at radius 2 is 1.39 bits per heavy atom. The van der Waals surface area contributed by atoms with Crippen LogP contribution in [-0.4, -0.2) is 122 Å². The fraction of sp³-hybridized carbons (Fsp3) is 0.500. The van der Waals surface area contributed by atoms with Crippen molar-refractivity contribution in [2.24, 2.45) is 22.8 Å². The zero-order valence-corrected chi connectivity index (χ0v) is 40.2. The monoisotopic (exact) mass is 1040 g/mol. The molecule has 0 unspecified atom stereocenters. The highest BCUT2D eigenvalue weighted by Crippen LogP contribution is 2.41. The number of rotatable bonds is 24. The predicted molar refractivity (Wildman–Crippen MR) is 247 cm³/mol. The third-order valence-electron chi connectivity index (χ3n) is 9.91. The molecular weight excluding hydrogens is 981 g/mol. The molecule has 0 aliphatic carbocycles. The van der Waals surface area contributed by atoms with Crippen LogP contribution in [0, 0.1) is 23.0 Å². The first-order valence-electron chi connectivity index (χ1n) is 21.8. The van der Waals surface area contributed by atoms with Crippen LogP contribution in [0.1, 0.15) is 83.5 Å². The maximum atomic E-state index is 15.1. The Balaban J connectivity index is 0.00000156. The number of carbonyl (C=O) groups excluding carboxylic acids is 4. The van der Waals surface area contributed by atoms with Crippen molar-refractivity contribution in [3.05, 3.63) is 83.7 Å². The van der Waals surface area contributed by atoms with Gasteiger partial charge in [0.25, 0.3) is 0 Å². The van der Waals surface area contributed by atoms with Crippen molar-refractivity contribution in [2.75, 3.05) is 37.7 Å². The number of hydrogen-bond acceptors (Lipinski definition) is 10. The number of halogens is 8. The van der Waals surface area contributed by atoms with E-state index in [-0.39, 0.29) is 48.1 Å². The molecule has 1 aromatic heterocycles. The lowest BCUT2D eigenvalue weighted by atomic mass is 9.83. The van der Waals surface area contributed by atoms with Crippen LogP contribution in [0.25, 0.3) is 11.1 Å². The molecule has 9 N–H and O–H groups in total. The van der Waals surface area contributed by atoms with E-state index in [4.69, 9.17) is 31.3 Å². The Morgan fingerprint density at radius 3 is 1.90 bits per heavy atom. The molecule has 3 rings (SSSR count). The van der Waals surface area contributed by atoms with Crippen molar-refractivity contribution < 1.29 is 84.0 Å². The van der Waals surface area contributed by atoms with Crippen LogP contribution in [0.4, 0.5) is 35.1 Å². The van der Waals surface area contributed by atoms with E-state index in [9.17, 15) is 59.8 Å². The zero-order chi connectivity index (χ0) is 54.3. The maximum Gasteiger partial charge on any atom is 0.490 e. The predicted octanol–water partition coefficient (Wildman–Crippen LogP) is 6.55. The number of Topliss-reactive ketones (excluding diaryl/α,β-unsaturated/α-hetero) is 1. The molecule has 1 heterocycles. The number of hydrogen-bond donors (Lipinski definition) is 7. The first kappa shape index (κ1) is 62.9. The van der Waals surface area contributed by atoms with Crippen molar-refractivity contribution in [1.29, 1.82) is 0 Å². The van der Waals surface area contributed by atoms with Gasteiger partial charge < -0.3 is 51.7 Å². The molecule has 0 saturated heterocycles. The number of nitrogens with zero attached hydrogens (tertiary/aromatic N) is 2. The molecule has 3 aromatic rings. The van der Waals surface area contributed by atoms with Gasteiger partial charge in [-0.2, -0.15) is 38.1 Å². The minimum absolute atomic E-state index is 0.00924. The average Bonchev–Trinajstić information content (AvgIpc) is 3.66. The molecule has 0 radical (unpaired) electrons. The van der Waals surface area contributed by atoms with E-state index >= 15 is 4.39 Å². The SMILES string of the molecule is CC(=O)C[C@@H](CCCCN)C(=O)NC[C@@H](NC(=O)CCSCC(=O)N(CCCN)[C@@H](c1cc(-c2cc(F)ccc2F)cn1Cc1ccccc1)C(C)(C)C)C(=O)O.O=C(O)C(F)(F)F.O=C(O)C(F)(F)F. The van der Waals surface area contributed by atoms with Gasteiger partial charge in [-0.3, -0.25) is 14.4 Å². The second-order valence-electron chi connectivity index (χ2n) is 16.9. The molecule has 0 aliphatic rings. The Bertz CT molecular complexity index is 2200. The fourth-order valence-electron chi connectivity index (χ4n) is 6.70. The molecule has 71 heavy (non-hydrogen) atoms. The lowest BCUT2D eigenvalue weighted by Gasteiger charge is -2.41. The van der Waals surface area contributed by atoms with Gasteiger partial charge in [-0.25, -0.2) is 23.2 Å². The van der Waals surface area contributed by atoms with Crippen LogP contribution >= 0.6 is 11.8 Å². The molecule has 2 aromatic carbocycles. The Labute approximate surface area is 408 Å². The van der Waals surface area contributed by atoms with Crippen LogP contribution in [0.5, 0.6) is 0 Å². The summed E-state index contributed by atoms with van der Waals surface area (Å²) in [6.45, 7) is 8.56. The molecule has 0 aliphatic heterocycles. The molecule has 0 saturated carbocycles. The van der Waals surface area contributed by atoms with E-state index in [1.165, 1.54) is 18.7 Å². The Morgan fingerprint density at radius 1 is 0.817 bits per heavy atom. The van der Waals surface area contributed by atoms with Gasteiger partial charge >= 0.3 is 30.3 Å². The molecule has 3 atom stereocenters. The van der Waals surface area contributed by atoms with Gasteiger partial charge in [-0.15, -0.1) is 0 Å². The van der Waals surface area contributed by atoms with E-state index in [1.807, 2.05) is 61.7 Å². The molecule has 25 heteroatoms. The lowest BCUT2D eigenvalue weighted by Crippen LogP contribution is -2.49. The summed E-state index contributed by atoms with van der Waals surface area (Å²) in [6, 6.07) is 12.9. The number of amides is 3. The topological polar surface area (TPSA) is 264 Å². The molecule has 0 spiro atoms. The number of benzene rings is 2. The number of carbonyl (C=O) groups is 7. The van der Waals surface area contributed by atoms with E-state index in [2.05, 4.69) is 10.6 Å². The van der Waals surface area contributed by atoms with Crippen LogP contribution in [0.2, 0.25) is 0 Å². The number of nitrogens with two attached hydrogens (primary N) is 2. The highest BCUT2D eigenvalue weighted by molar-refractivity contribution is 7.99. The number of alkyl halides is 6. The first-order valence-corrected chi connectivity index (χ1v) is 23.0. The smallest absolute Gasteiger partial charge is 0.480 e. The molecule has 3 amide bonds. The quantitative estimate of drug-likeness (QED) is 0.0372. The van der Waals surface area contributed by atoms with Gasteiger partial charge in [0.05, 0.1) is 11.8 Å². The van der Waals surface area contributed by atoms with Gasteiger partial charge in [0.2, 0.25) is 17.7 Å². The van der Waals surface area contributed by atoms with Gasteiger partial charge in [0.1, 0.15) is 23.5 Å².